The second-order valence-electron chi connectivity index (χ2n) is 24.2. The lowest BCUT2D eigenvalue weighted by Crippen LogP contribution is -2.61. The van der Waals surface area contributed by atoms with E-state index in [0.29, 0.717) is 0 Å². The second-order valence-corrected chi connectivity index (χ2v) is 25.2. The summed E-state index contributed by atoms with van der Waals surface area (Å²) in [6, 6.07) is 52.4. The van der Waals surface area contributed by atoms with Crippen molar-refractivity contribution in [1.82, 2.24) is 0 Å². The van der Waals surface area contributed by atoms with Crippen LogP contribution < -0.4 is 26.2 Å². The highest BCUT2D eigenvalue weighted by Gasteiger charge is 2.46. The summed E-state index contributed by atoms with van der Waals surface area (Å²) >= 11 is 1.90. The first-order valence-corrected chi connectivity index (χ1v) is 25.2. The molecule has 0 unspecified atom stereocenters. The topological polar surface area (TPSA) is 6.48 Å². The van der Waals surface area contributed by atoms with Crippen LogP contribution in [-0.2, 0) is 27.1 Å². The molecule has 66 heavy (non-hydrogen) atoms. The zero-order valence-electron chi connectivity index (χ0n) is 41.5. The lowest BCUT2D eigenvalue weighted by Gasteiger charge is -2.46. The van der Waals surface area contributed by atoms with Crippen LogP contribution in [0.5, 0.6) is 0 Å². The smallest absolute Gasteiger partial charge is 0.252 e. The van der Waals surface area contributed by atoms with Crippen LogP contribution in [-0.4, -0.2) is 6.71 Å². The first kappa shape index (κ1) is 43.0. The van der Waals surface area contributed by atoms with Crippen LogP contribution in [0.25, 0.3) is 31.3 Å². The Morgan fingerprint density at radius 1 is 0.470 bits per heavy atom. The van der Waals surface area contributed by atoms with Gasteiger partial charge in [-0.25, -0.2) is 0 Å². The van der Waals surface area contributed by atoms with Crippen molar-refractivity contribution in [3.05, 3.63) is 161 Å². The van der Waals surface area contributed by atoms with Crippen molar-refractivity contribution >= 4 is 88.7 Å². The Labute approximate surface area is 398 Å². The molecular weight excluding hydrogens is 816 g/mol. The highest BCUT2D eigenvalue weighted by molar-refractivity contribution is 7.26. The van der Waals surface area contributed by atoms with Crippen LogP contribution in [0.2, 0.25) is 0 Å². The lowest BCUT2D eigenvalue weighted by atomic mass is 9.33. The van der Waals surface area contributed by atoms with Gasteiger partial charge in [0.25, 0.3) is 6.71 Å². The zero-order valence-corrected chi connectivity index (χ0v) is 42.3. The molecule has 8 aromatic rings. The third-order valence-corrected chi connectivity index (χ3v) is 16.8. The minimum Gasteiger partial charge on any atom is -0.311 e. The first-order valence-electron chi connectivity index (χ1n) is 24.3. The molecule has 2 nitrogen and oxygen atoms in total. The van der Waals surface area contributed by atoms with E-state index < -0.39 is 0 Å². The predicted molar refractivity (Wildman–Crippen MR) is 290 cm³/mol. The molecule has 0 radical (unpaired) electrons. The molecule has 1 aromatic heterocycles. The van der Waals surface area contributed by atoms with Gasteiger partial charge in [-0.15, -0.1) is 11.3 Å². The van der Waals surface area contributed by atoms with E-state index in [0.717, 1.165) is 0 Å². The van der Waals surface area contributed by atoms with Crippen LogP contribution in [0, 0.1) is 0 Å². The highest BCUT2D eigenvalue weighted by atomic mass is 32.1. The molecule has 7 aromatic carbocycles. The van der Waals surface area contributed by atoms with Gasteiger partial charge in [-0.05, 0) is 150 Å². The van der Waals surface area contributed by atoms with Gasteiger partial charge in [0.1, 0.15) is 0 Å². The molecule has 0 saturated heterocycles. The fourth-order valence-corrected chi connectivity index (χ4v) is 12.6. The molecule has 3 aliphatic rings. The molecule has 3 heterocycles. The van der Waals surface area contributed by atoms with E-state index in [1.807, 2.05) is 11.3 Å². The molecular formula is C62H65BN2S. The summed E-state index contributed by atoms with van der Waals surface area (Å²) in [6.45, 7) is 31.1. The number of hydrogen-bond acceptors (Lipinski definition) is 3. The van der Waals surface area contributed by atoms with Crippen molar-refractivity contribution in [2.75, 3.05) is 9.80 Å². The van der Waals surface area contributed by atoms with Crippen molar-refractivity contribution in [2.24, 2.45) is 0 Å². The predicted octanol–water partition coefficient (Wildman–Crippen LogP) is 16.0. The summed E-state index contributed by atoms with van der Waals surface area (Å²) in [6.07, 6.45) is 2.38. The summed E-state index contributed by atoms with van der Waals surface area (Å²) in [5.74, 6) is 0. The lowest BCUT2D eigenvalue weighted by molar-refractivity contribution is 0.332. The van der Waals surface area contributed by atoms with Crippen LogP contribution >= 0.6 is 11.3 Å². The average molecular weight is 881 g/mol. The molecule has 0 amide bonds. The van der Waals surface area contributed by atoms with Gasteiger partial charge in [0.2, 0.25) is 0 Å². The Morgan fingerprint density at radius 2 is 1.00 bits per heavy atom. The molecule has 0 saturated carbocycles. The van der Waals surface area contributed by atoms with E-state index in [1.165, 1.54) is 122 Å². The van der Waals surface area contributed by atoms with E-state index in [1.54, 1.807) is 0 Å². The fourth-order valence-electron chi connectivity index (χ4n) is 11.4. The number of fused-ring (bicyclic) bond motifs is 8. The summed E-state index contributed by atoms with van der Waals surface area (Å²) in [7, 11) is 0. The number of hydrogen-bond donors (Lipinski definition) is 0. The largest absolute Gasteiger partial charge is 0.311 e. The summed E-state index contributed by atoms with van der Waals surface area (Å²) in [5, 5.41) is 2.67. The van der Waals surface area contributed by atoms with Gasteiger partial charge in [0, 0.05) is 54.3 Å². The van der Waals surface area contributed by atoms with Crippen molar-refractivity contribution in [1.29, 1.82) is 0 Å². The van der Waals surface area contributed by atoms with Gasteiger partial charge in [-0.3, -0.25) is 0 Å². The molecule has 0 atom stereocenters. The molecule has 0 N–H and O–H groups in total. The third kappa shape index (κ3) is 6.71. The highest BCUT2D eigenvalue weighted by Crippen LogP contribution is 2.51. The van der Waals surface area contributed by atoms with Crippen molar-refractivity contribution < 1.29 is 0 Å². The Bertz CT molecular complexity index is 3270. The molecule has 0 spiro atoms. The Hall–Kier alpha value is -5.58. The number of rotatable bonds is 3. The number of anilines is 6. The van der Waals surface area contributed by atoms with Crippen molar-refractivity contribution in [2.45, 2.75) is 130 Å². The molecule has 0 bridgehead atoms. The van der Waals surface area contributed by atoms with E-state index >= 15 is 0 Å². The SMILES string of the molecule is CC(C)(C)c1ccc2c(c1)B1c3cc(C(C)(C)C)ccc3N(c3ccc4c(c3)C(C)(C)CCC4(C)C)c3cc(C(C)(C)C)cc(c31)N2c1ccc(-c2cccc3c2sc2ccccc23)cc1. The van der Waals surface area contributed by atoms with E-state index in [9.17, 15) is 0 Å². The summed E-state index contributed by atoms with van der Waals surface area (Å²) < 4.78 is 2.68. The van der Waals surface area contributed by atoms with Gasteiger partial charge in [0.15, 0.2) is 0 Å². The standard InChI is InChI=1S/C62H65BN2S/c1-58(2,3)39-23-29-51-49(33-39)63-50-34-40(59(4,5)6)24-30-52(50)65(43-27-28-47-48(37-43)62(12,13)32-31-61(47,10)11)54-36-41(60(7,8)9)35-53(56(54)63)64(51)42-25-21-38(22-26-42)44-18-16-19-46-45-17-14-15-20-55(45)66-57(44)46/h14-30,33-37H,31-32H2,1-13H3. The van der Waals surface area contributed by atoms with Gasteiger partial charge in [-0.2, -0.15) is 0 Å². The number of thiophene rings is 1. The molecule has 2 aliphatic heterocycles. The van der Waals surface area contributed by atoms with Gasteiger partial charge in [-0.1, -0.05) is 169 Å². The maximum Gasteiger partial charge on any atom is 0.252 e. The van der Waals surface area contributed by atoms with Crippen LogP contribution in [0.1, 0.15) is 131 Å². The third-order valence-electron chi connectivity index (χ3n) is 15.6. The van der Waals surface area contributed by atoms with Crippen molar-refractivity contribution in [3.63, 3.8) is 0 Å². The van der Waals surface area contributed by atoms with Crippen molar-refractivity contribution in [3.8, 4) is 11.1 Å². The Kier molecular flexibility index (Phi) is 9.43. The monoisotopic (exact) mass is 880 g/mol. The molecule has 0 fully saturated rings. The first-order chi connectivity index (χ1) is 31.1. The summed E-state index contributed by atoms with van der Waals surface area (Å²) in [5.41, 5.74) is 21.3. The Balaban J connectivity index is 1.19. The number of nitrogens with zero attached hydrogens (tertiary/aromatic N) is 2. The zero-order chi connectivity index (χ0) is 46.5. The van der Waals surface area contributed by atoms with Crippen LogP contribution in [0.3, 0.4) is 0 Å². The van der Waals surface area contributed by atoms with Gasteiger partial charge in [0.05, 0.1) is 0 Å². The Morgan fingerprint density at radius 3 is 1.59 bits per heavy atom. The van der Waals surface area contributed by atoms with Crippen LogP contribution in [0.4, 0.5) is 34.1 Å². The molecule has 11 rings (SSSR count). The quantitative estimate of drug-likeness (QED) is 0.163. The maximum absolute atomic E-state index is 2.65. The minimum atomic E-state index is -0.0975. The van der Waals surface area contributed by atoms with E-state index in [2.05, 4.69) is 233 Å². The second kappa shape index (κ2) is 14.5. The molecule has 1 aliphatic carbocycles. The minimum absolute atomic E-state index is 0.0147. The summed E-state index contributed by atoms with van der Waals surface area (Å²) in [4.78, 5) is 5.25. The van der Waals surface area contributed by atoms with E-state index in [-0.39, 0.29) is 33.8 Å². The van der Waals surface area contributed by atoms with Gasteiger partial charge >= 0.3 is 0 Å². The molecule has 4 heteroatoms. The van der Waals surface area contributed by atoms with Gasteiger partial charge < -0.3 is 9.80 Å². The maximum atomic E-state index is 2.65. The fraction of sp³-hybridized carbons (Fsp3) is 0.323. The average Bonchev–Trinajstić information content (AvgIpc) is 3.65. The molecule has 332 valence electrons. The van der Waals surface area contributed by atoms with Crippen LogP contribution in [0.15, 0.2) is 133 Å². The number of benzene rings is 7. The van der Waals surface area contributed by atoms with E-state index in [4.69, 9.17) is 0 Å². The normalized spacial score (nSPS) is 16.3.